The molecular weight excluding hydrogens is 318 g/mol. The lowest BCUT2D eigenvalue weighted by molar-refractivity contribution is -0.0157. The molecule has 2 heterocycles. The largest absolute Gasteiger partial charge is 0.444 e. The van der Waals surface area contributed by atoms with Crippen molar-refractivity contribution in [1.29, 1.82) is 0 Å². The lowest BCUT2D eigenvalue weighted by Crippen LogP contribution is -2.52. The quantitative estimate of drug-likeness (QED) is 0.825. The number of aromatic nitrogens is 2. The van der Waals surface area contributed by atoms with E-state index in [1.807, 2.05) is 31.9 Å². The Morgan fingerprint density at radius 2 is 2.08 bits per heavy atom. The van der Waals surface area contributed by atoms with Gasteiger partial charge in [-0.05, 0) is 57.4 Å². The van der Waals surface area contributed by atoms with Crippen LogP contribution in [0.2, 0.25) is 0 Å². The number of likely N-dealkylation sites (tertiary alicyclic amines) is 1. The molecular formula is C19H29N3O3. The van der Waals surface area contributed by atoms with Gasteiger partial charge in [-0.1, -0.05) is 12.8 Å². The van der Waals surface area contributed by atoms with E-state index in [4.69, 9.17) is 4.74 Å². The number of hydrogen-bond acceptors (Lipinski definition) is 4. The lowest BCUT2D eigenvalue weighted by atomic mass is 9.69. The summed E-state index contributed by atoms with van der Waals surface area (Å²) in [6.45, 7) is 7.82. The summed E-state index contributed by atoms with van der Waals surface area (Å²) in [7, 11) is 0. The Bertz CT molecular complexity index is 671. The van der Waals surface area contributed by atoms with E-state index in [0.29, 0.717) is 19.0 Å². The Morgan fingerprint density at radius 3 is 2.72 bits per heavy atom. The molecule has 1 aromatic heterocycles. The molecule has 0 radical (unpaired) electrons. The molecule has 1 aromatic rings. The van der Waals surface area contributed by atoms with Gasteiger partial charge in [0.05, 0.1) is 0 Å². The molecule has 1 spiro atoms. The SMILES string of the molecule is CC(C)(C)OC(=O)N1CC[C@H](Cn2cccnc2=O)C2(CCCC2)C1. The van der Waals surface area contributed by atoms with Crippen molar-refractivity contribution in [3.8, 4) is 0 Å². The number of amides is 1. The highest BCUT2D eigenvalue weighted by atomic mass is 16.6. The highest BCUT2D eigenvalue weighted by Gasteiger charge is 2.46. The average molecular weight is 347 g/mol. The topological polar surface area (TPSA) is 64.4 Å². The number of ether oxygens (including phenoxy) is 1. The minimum atomic E-state index is -0.472. The number of nitrogens with zero attached hydrogens (tertiary/aromatic N) is 3. The summed E-state index contributed by atoms with van der Waals surface area (Å²) in [4.78, 5) is 30.2. The molecule has 1 aliphatic carbocycles. The van der Waals surface area contributed by atoms with E-state index < -0.39 is 5.60 Å². The molecule has 2 aliphatic rings. The predicted octanol–water partition coefficient (Wildman–Crippen LogP) is 3.06. The number of rotatable bonds is 2. The Kier molecular flexibility index (Phi) is 4.89. The third kappa shape index (κ3) is 4.05. The van der Waals surface area contributed by atoms with Crippen molar-refractivity contribution in [2.24, 2.45) is 11.3 Å². The van der Waals surface area contributed by atoms with E-state index in [0.717, 1.165) is 25.8 Å². The smallest absolute Gasteiger partial charge is 0.410 e. The molecule has 1 saturated carbocycles. The van der Waals surface area contributed by atoms with Crippen LogP contribution in [0.15, 0.2) is 23.3 Å². The van der Waals surface area contributed by atoms with Gasteiger partial charge < -0.3 is 9.64 Å². The molecule has 0 unspecified atom stereocenters. The standard InChI is InChI=1S/C19H29N3O3/c1-18(2,3)25-17(24)22-12-7-15(19(14-22)8-4-5-9-19)13-21-11-6-10-20-16(21)23/h6,10-11,15H,4-5,7-9,12-14H2,1-3H3/t15-/m1/s1. The van der Waals surface area contributed by atoms with Crippen LogP contribution in [-0.4, -0.2) is 39.2 Å². The maximum atomic E-state index is 12.5. The van der Waals surface area contributed by atoms with Crippen LogP contribution < -0.4 is 5.69 Å². The molecule has 138 valence electrons. The minimum absolute atomic E-state index is 0.102. The van der Waals surface area contributed by atoms with Crippen molar-refractivity contribution >= 4 is 6.09 Å². The van der Waals surface area contributed by atoms with Crippen molar-refractivity contribution in [2.75, 3.05) is 13.1 Å². The number of hydrogen-bond donors (Lipinski definition) is 0. The van der Waals surface area contributed by atoms with Crippen LogP contribution in [-0.2, 0) is 11.3 Å². The van der Waals surface area contributed by atoms with Gasteiger partial charge in [0.2, 0.25) is 0 Å². The molecule has 1 amide bonds. The number of piperidine rings is 1. The Hall–Kier alpha value is -1.85. The van der Waals surface area contributed by atoms with Crippen molar-refractivity contribution in [2.45, 2.75) is 65.0 Å². The van der Waals surface area contributed by atoms with E-state index in [1.54, 1.807) is 10.6 Å². The van der Waals surface area contributed by atoms with Gasteiger partial charge in [0.1, 0.15) is 5.60 Å². The van der Waals surface area contributed by atoms with Crippen LogP contribution in [0.3, 0.4) is 0 Å². The first-order valence-corrected chi connectivity index (χ1v) is 9.28. The zero-order valence-electron chi connectivity index (χ0n) is 15.5. The minimum Gasteiger partial charge on any atom is -0.444 e. The van der Waals surface area contributed by atoms with Crippen LogP contribution in [0.5, 0.6) is 0 Å². The van der Waals surface area contributed by atoms with Crippen molar-refractivity contribution in [1.82, 2.24) is 14.5 Å². The molecule has 0 N–H and O–H groups in total. The van der Waals surface area contributed by atoms with Gasteiger partial charge in [-0.3, -0.25) is 4.57 Å². The monoisotopic (exact) mass is 347 g/mol. The fourth-order valence-corrected chi connectivity index (χ4v) is 4.38. The average Bonchev–Trinajstić information content (AvgIpc) is 2.99. The molecule has 6 heteroatoms. The Labute approximate surface area is 149 Å². The second kappa shape index (κ2) is 6.81. The maximum absolute atomic E-state index is 12.5. The molecule has 3 rings (SSSR count). The Balaban J connectivity index is 1.75. The molecule has 1 saturated heterocycles. The third-order valence-corrected chi connectivity index (χ3v) is 5.57. The highest BCUT2D eigenvalue weighted by molar-refractivity contribution is 5.68. The Morgan fingerprint density at radius 1 is 1.36 bits per heavy atom. The molecule has 1 aliphatic heterocycles. The molecule has 0 aromatic carbocycles. The second-order valence-corrected chi connectivity index (χ2v) is 8.51. The summed E-state index contributed by atoms with van der Waals surface area (Å²) in [5.41, 5.74) is -0.560. The van der Waals surface area contributed by atoms with Gasteiger partial charge >= 0.3 is 11.8 Å². The van der Waals surface area contributed by atoms with E-state index in [2.05, 4.69) is 4.98 Å². The fourth-order valence-electron chi connectivity index (χ4n) is 4.38. The van der Waals surface area contributed by atoms with E-state index in [9.17, 15) is 9.59 Å². The summed E-state index contributed by atoms with van der Waals surface area (Å²) in [5, 5.41) is 0. The lowest BCUT2D eigenvalue weighted by Gasteiger charge is -2.46. The molecule has 0 bridgehead atoms. The van der Waals surface area contributed by atoms with Gasteiger partial charge in [-0.25, -0.2) is 14.6 Å². The van der Waals surface area contributed by atoms with Gasteiger partial charge in [0.25, 0.3) is 0 Å². The molecule has 1 atom stereocenters. The van der Waals surface area contributed by atoms with Gasteiger partial charge in [-0.15, -0.1) is 0 Å². The summed E-state index contributed by atoms with van der Waals surface area (Å²) in [5.74, 6) is 0.399. The summed E-state index contributed by atoms with van der Waals surface area (Å²) in [6.07, 6.45) is 8.67. The van der Waals surface area contributed by atoms with Crippen LogP contribution in [0.25, 0.3) is 0 Å². The number of carbonyl (C=O) groups excluding carboxylic acids is 1. The first-order valence-electron chi connectivity index (χ1n) is 9.28. The summed E-state index contributed by atoms with van der Waals surface area (Å²) < 4.78 is 7.29. The number of carbonyl (C=O) groups is 1. The van der Waals surface area contributed by atoms with E-state index in [-0.39, 0.29) is 17.2 Å². The first-order chi connectivity index (χ1) is 11.8. The molecule has 6 nitrogen and oxygen atoms in total. The fraction of sp³-hybridized carbons (Fsp3) is 0.737. The maximum Gasteiger partial charge on any atom is 0.410 e. The van der Waals surface area contributed by atoms with Crippen molar-refractivity contribution in [3.05, 3.63) is 28.9 Å². The summed E-state index contributed by atoms with van der Waals surface area (Å²) in [6, 6.07) is 1.80. The normalized spacial score (nSPS) is 23.0. The van der Waals surface area contributed by atoms with Crippen molar-refractivity contribution < 1.29 is 9.53 Å². The second-order valence-electron chi connectivity index (χ2n) is 8.51. The van der Waals surface area contributed by atoms with Crippen molar-refractivity contribution in [3.63, 3.8) is 0 Å². The zero-order valence-corrected chi connectivity index (χ0v) is 15.5. The van der Waals surface area contributed by atoms with Gasteiger partial charge in [0, 0.05) is 32.0 Å². The third-order valence-electron chi connectivity index (χ3n) is 5.57. The summed E-state index contributed by atoms with van der Waals surface area (Å²) >= 11 is 0. The molecule has 2 fully saturated rings. The zero-order chi connectivity index (χ0) is 18.1. The van der Waals surface area contributed by atoms with Crippen LogP contribution in [0, 0.1) is 11.3 Å². The van der Waals surface area contributed by atoms with Gasteiger partial charge in [0.15, 0.2) is 0 Å². The van der Waals surface area contributed by atoms with E-state index in [1.165, 1.54) is 19.0 Å². The predicted molar refractivity (Wildman–Crippen MR) is 95.3 cm³/mol. The highest BCUT2D eigenvalue weighted by Crippen LogP contribution is 2.49. The van der Waals surface area contributed by atoms with Crippen LogP contribution in [0.1, 0.15) is 52.9 Å². The molecule has 25 heavy (non-hydrogen) atoms. The van der Waals surface area contributed by atoms with Crippen LogP contribution in [0.4, 0.5) is 4.79 Å². The van der Waals surface area contributed by atoms with Crippen LogP contribution >= 0.6 is 0 Å². The van der Waals surface area contributed by atoms with E-state index >= 15 is 0 Å². The van der Waals surface area contributed by atoms with Gasteiger partial charge in [-0.2, -0.15) is 0 Å². The first kappa shape index (κ1) is 18.0.